The van der Waals surface area contributed by atoms with Crippen molar-refractivity contribution >= 4 is 22.6 Å². The third kappa shape index (κ3) is 5.54. The summed E-state index contributed by atoms with van der Waals surface area (Å²) in [6.07, 6.45) is 8.41. The van der Waals surface area contributed by atoms with Crippen LogP contribution in [0.25, 0.3) is 10.8 Å². The molecule has 1 aliphatic carbocycles. The van der Waals surface area contributed by atoms with Crippen LogP contribution in [-0.4, -0.2) is 38.2 Å². The molecule has 5 rings (SSSR count). The Balaban J connectivity index is 1.36. The number of hydrogen-bond donors (Lipinski definition) is 1. The van der Waals surface area contributed by atoms with Gasteiger partial charge in [-0.2, -0.15) is 0 Å². The van der Waals surface area contributed by atoms with Gasteiger partial charge < -0.3 is 19.5 Å². The van der Waals surface area contributed by atoms with Crippen LogP contribution < -0.4 is 14.8 Å². The Hall–Kier alpha value is -3.80. The molecule has 3 aromatic rings. The summed E-state index contributed by atoms with van der Waals surface area (Å²) in [5, 5.41) is 5.05. The van der Waals surface area contributed by atoms with Gasteiger partial charge in [-0.05, 0) is 64.9 Å². The average molecular weight is 486 g/mol. The number of allylic oxidation sites excluding steroid dienone is 1. The minimum Gasteiger partial charge on any atom is -0.493 e. The molecule has 0 saturated heterocycles. The van der Waals surface area contributed by atoms with E-state index >= 15 is 0 Å². The van der Waals surface area contributed by atoms with Gasteiger partial charge in [0.2, 0.25) is 0 Å². The lowest BCUT2D eigenvalue weighted by Gasteiger charge is -2.19. The highest BCUT2D eigenvalue weighted by molar-refractivity contribution is 5.85. The fraction of sp³-hybridized carbons (Fsp3) is 0.333. The van der Waals surface area contributed by atoms with Crippen LogP contribution in [0, 0.1) is 0 Å². The van der Waals surface area contributed by atoms with Crippen molar-refractivity contribution in [3.05, 3.63) is 83.4 Å². The molecule has 0 fully saturated rings. The summed E-state index contributed by atoms with van der Waals surface area (Å²) in [7, 11) is 1.42. The van der Waals surface area contributed by atoms with Gasteiger partial charge in [-0.25, -0.2) is 0 Å². The molecule has 0 aromatic heterocycles. The van der Waals surface area contributed by atoms with E-state index in [9.17, 15) is 9.59 Å². The summed E-state index contributed by atoms with van der Waals surface area (Å²) in [4.78, 5) is 24.6. The van der Waals surface area contributed by atoms with Crippen molar-refractivity contribution in [3.8, 4) is 11.5 Å². The van der Waals surface area contributed by atoms with Crippen molar-refractivity contribution in [3.63, 3.8) is 0 Å². The maximum absolute atomic E-state index is 12.3. The fourth-order valence-corrected chi connectivity index (χ4v) is 4.98. The normalized spacial score (nSPS) is 17.2. The molecule has 2 aliphatic rings. The predicted octanol–water partition coefficient (Wildman–Crippen LogP) is 5.07. The first-order chi connectivity index (χ1) is 17.6. The molecule has 1 amide bonds. The fourth-order valence-electron chi connectivity index (χ4n) is 4.98. The highest BCUT2D eigenvalue weighted by Gasteiger charge is 2.22. The predicted molar refractivity (Wildman–Crippen MR) is 138 cm³/mol. The maximum Gasteiger partial charge on any atom is 0.306 e. The zero-order valence-electron chi connectivity index (χ0n) is 20.5. The first-order valence-electron chi connectivity index (χ1n) is 12.5. The van der Waals surface area contributed by atoms with E-state index in [-0.39, 0.29) is 36.9 Å². The van der Waals surface area contributed by atoms with E-state index in [0.717, 1.165) is 53.3 Å². The van der Waals surface area contributed by atoms with Crippen LogP contribution in [0.15, 0.2) is 66.7 Å². The molecule has 1 N–H and O–H groups in total. The SMILES string of the molecule is COC(=O)CC(c1ccc2c(c1)CCO2)c1ccc2ccc(OCC(=O)NC3C=CCCC3)cc2c1. The van der Waals surface area contributed by atoms with E-state index < -0.39 is 0 Å². The standard InChI is InChI=1S/C30H31NO5/c1-34-30(33)18-27(22-10-12-28-23(15-22)13-14-35-28)21-8-7-20-9-11-26(17-24(20)16-21)36-19-29(32)31-25-5-3-2-4-6-25/h3,5,7-12,15-17,25,27H,2,4,6,13-14,18-19H2,1H3,(H,31,32). The number of fused-ring (bicyclic) bond motifs is 2. The van der Waals surface area contributed by atoms with Gasteiger partial charge in [0.15, 0.2) is 6.61 Å². The first kappa shape index (κ1) is 23.9. The van der Waals surface area contributed by atoms with Crippen molar-refractivity contribution in [1.82, 2.24) is 5.32 Å². The van der Waals surface area contributed by atoms with Crippen molar-refractivity contribution < 1.29 is 23.8 Å². The monoisotopic (exact) mass is 485 g/mol. The van der Waals surface area contributed by atoms with Gasteiger partial charge in [-0.3, -0.25) is 9.59 Å². The zero-order valence-corrected chi connectivity index (χ0v) is 20.5. The molecule has 6 nitrogen and oxygen atoms in total. The molecular weight excluding hydrogens is 454 g/mol. The van der Waals surface area contributed by atoms with Crippen LogP contribution in [0.3, 0.4) is 0 Å². The number of carbonyl (C=O) groups is 2. The van der Waals surface area contributed by atoms with Crippen molar-refractivity contribution in [2.45, 2.75) is 44.1 Å². The summed E-state index contributed by atoms with van der Waals surface area (Å²) in [6.45, 7) is 0.659. The molecule has 6 heteroatoms. The molecule has 186 valence electrons. The van der Waals surface area contributed by atoms with Crippen LogP contribution in [0.2, 0.25) is 0 Å². The highest BCUT2D eigenvalue weighted by Crippen LogP contribution is 2.35. The van der Waals surface area contributed by atoms with Crippen LogP contribution in [-0.2, 0) is 20.7 Å². The van der Waals surface area contributed by atoms with Gasteiger partial charge in [-0.15, -0.1) is 0 Å². The molecular formula is C30H31NO5. The number of amides is 1. The van der Waals surface area contributed by atoms with E-state index in [4.69, 9.17) is 14.2 Å². The van der Waals surface area contributed by atoms with E-state index in [0.29, 0.717) is 12.4 Å². The maximum atomic E-state index is 12.3. The van der Waals surface area contributed by atoms with E-state index in [2.05, 4.69) is 41.7 Å². The Morgan fingerprint density at radius 2 is 1.89 bits per heavy atom. The summed E-state index contributed by atoms with van der Waals surface area (Å²) >= 11 is 0. The molecule has 3 aromatic carbocycles. The minimum absolute atomic E-state index is 0.0301. The number of hydrogen-bond acceptors (Lipinski definition) is 5. The van der Waals surface area contributed by atoms with Gasteiger partial charge in [0.05, 0.1) is 20.1 Å². The summed E-state index contributed by atoms with van der Waals surface area (Å²) < 4.78 is 16.5. The Bertz CT molecular complexity index is 1300. The van der Waals surface area contributed by atoms with Gasteiger partial charge in [-0.1, -0.05) is 48.6 Å². The van der Waals surface area contributed by atoms with Gasteiger partial charge in [0.1, 0.15) is 11.5 Å². The number of benzene rings is 3. The Morgan fingerprint density at radius 3 is 2.72 bits per heavy atom. The lowest BCUT2D eigenvalue weighted by Crippen LogP contribution is -2.37. The highest BCUT2D eigenvalue weighted by atomic mass is 16.5. The molecule has 0 spiro atoms. The second kappa shape index (κ2) is 10.9. The molecule has 0 bridgehead atoms. The van der Waals surface area contributed by atoms with Gasteiger partial charge in [0, 0.05) is 18.4 Å². The second-order valence-electron chi connectivity index (χ2n) is 9.39. The van der Waals surface area contributed by atoms with E-state index in [1.807, 2.05) is 30.3 Å². The number of nitrogens with one attached hydrogen (secondary N) is 1. The Kier molecular flexibility index (Phi) is 7.21. The topological polar surface area (TPSA) is 73.9 Å². The van der Waals surface area contributed by atoms with Crippen molar-refractivity contribution in [2.75, 3.05) is 20.3 Å². The van der Waals surface area contributed by atoms with Gasteiger partial charge in [0.25, 0.3) is 5.91 Å². The van der Waals surface area contributed by atoms with Crippen LogP contribution >= 0.6 is 0 Å². The first-order valence-corrected chi connectivity index (χ1v) is 12.5. The van der Waals surface area contributed by atoms with Crippen molar-refractivity contribution in [2.24, 2.45) is 0 Å². The summed E-state index contributed by atoms with van der Waals surface area (Å²) in [5.41, 5.74) is 3.25. The number of ether oxygens (including phenoxy) is 3. The number of rotatable bonds is 8. The number of carbonyl (C=O) groups excluding carboxylic acids is 2. The zero-order chi connectivity index (χ0) is 24.9. The quantitative estimate of drug-likeness (QED) is 0.356. The van der Waals surface area contributed by atoms with E-state index in [1.54, 1.807) is 0 Å². The summed E-state index contributed by atoms with van der Waals surface area (Å²) in [6, 6.07) is 18.3. The minimum atomic E-state index is -0.257. The number of methoxy groups -OCH3 is 1. The smallest absolute Gasteiger partial charge is 0.306 e. The van der Waals surface area contributed by atoms with Crippen LogP contribution in [0.4, 0.5) is 0 Å². The lowest BCUT2D eigenvalue weighted by molar-refractivity contribution is -0.140. The average Bonchev–Trinajstić information content (AvgIpc) is 3.38. The van der Waals surface area contributed by atoms with Crippen molar-refractivity contribution in [1.29, 1.82) is 0 Å². The molecule has 36 heavy (non-hydrogen) atoms. The van der Waals surface area contributed by atoms with Gasteiger partial charge >= 0.3 is 5.97 Å². The third-order valence-electron chi connectivity index (χ3n) is 6.92. The molecule has 0 saturated carbocycles. The van der Waals surface area contributed by atoms with Crippen LogP contribution in [0.5, 0.6) is 11.5 Å². The molecule has 2 atom stereocenters. The van der Waals surface area contributed by atoms with E-state index in [1.165, 1.54) is 12.7 Å². The summed E-state index contributed by atoms with van der Waals surface area (Å²) in [5.74, 6) is 1.02. The molecule has 1 heterocycles. The Morgan fingerprint density at radius 1 is 1.06 bits per heavy atom. The Labute approximate surface area is 211 Å². The number of esters is 1. The van der Waals surface area contributed by atoms with Crippen LogP contribution in [0.1, 0.15) is 48.3 Å². The molecule has 0 radical (unpaired) electrons. The molecule has 2 unspecified atom stereocenters. The second-order valence-corrected chi connectivity index (χ2v) is 9.39. The lowest BCUT2D eigenvalue weighted by atomic mass is 9.86. The largest absolute Gasteiger partial charge is 0.493 e. The third-order valence-corrected chi connectivity index (χ3v) is 6.92. The molecule has 1 aliphatic heterocycles.